The molecule has 7 nitrogen and oxygen atoms in total. The Morgan fingerprint density at radius 3 is 3.19 bits per heavy atom. The van der Waals surface area contributed by atoms with Crippen molar-refractivity contribution in [2.45, 2.75) is 6.54 Å². The molecule has 0 fully saturated rings. The molecule has 0 spiro atoms. The second-order valence-electron chi connectivity index (χ2n) is 3.14. The molecule has 3 rings (SSSR count). The first-order chi connectivity index (χ1) is 7.93. The Labute approximate surface area is 90.0 Å². The van der Waals surface area contributed by atoms with Crippen LogP contribution in [0.5, 0.6) is 0 Å². The molecule has 0 aliphatic rings. The van der Waals surface area contributed by atoms with E-state index in [2.05, 4.69) is 30.2 Å². The molecule has 0 saturated heterocycles. The molecule has 2 N–H and O–H groups in total. The first-order valence-electron chi connectivity index (χ1n) is 4.69. The second-order valence-corrected chi connectivity index (χ2v) is 3.14. The van der Waals surface area contributed by atoms with Crippen LogP contribution in [0.4, 0.5) is 5.82 Å². The molecule has 7 heteroatoms. The third kappa shape index (κ3) is 1.48. The largest absolute Gasteiger partial charge is 0.447 e. The molecule has 0 aliphatic carbocycles. The highest BCUT2D eigenvalue weighted by molar-refractivity contribution is 5.81. The number of aromatic nitrogens is 5. The topological polar surface area (TPSA) is 92.5 Å². The number of anilines is 1. The molecule has 16 heavy (non-hydrogen) atoms. The van der Waals surface area contributed by atoms with E-state index in [4.69, 9.17) is 4.42 Å². The lowest BCUT2D eigenvalue weighted by Crippen LogP contribution is -2.01. The van der Waals surface area contributed by atoms with Crippen LogP contribution in [0, 0.1) is 0 Å². The van der Waals surface area contributed by atoms with Gasteiger partial charge in [0, 0.05) is 0 Å². The number of nitrogens with one attached hydrogen (secondary N) is 2. The van der Waals surface area contributed by atoms with Crippen molar-refractivity contribution >= 4 is 17.0 Å². The monoisotopic (exact) mass is 216 g/mol. The van der Waals surface area contributed by atoms with Gasteiger partial charge < -0.3 is 14.7 Å². The zero-order chi connectivity index (χ0) is 10.8. The van der Waals surface area contributed by atoms with E-state index in [9.17, 15) is 0 Å². The smallest absolute Gasteiger partial charge is 0.180 e. The van der Waals surface area contributed by atoms with Gasteiger partial charge in [-0.1, -0.05) is 0 Å². The summed E-state index contributed by atoms with van der Waals surface area (Å²) < 4.78 is 5.10. The quantitative estimate of drug-likeness (QED) is 0.677. The molecule has 0 saturated carbocycles. The van der Waals surface area contributed by atoms with E-state index in [0.717, 1.165) is 5.76 Å². The first kappa shape index (κ1) is 8.84. The number of imidazole rings is 1. The lowest BCUT2D eigenvalue weighted by atomic mass is 10.4. The lowest BCUT2D eigenvalue weighted by Gasteiger charge is -2.02. The van der Waals surface area contributed by atoms with Crippen molar-refractivity contribution in [3.63, 3.8) is 0 Å². The second kappa shape index (κ2) is 3.61. The zero-order valence-corrected chi connectivity index (χ0v) is 8.21. The summed E-state index contributed by atoms with van der Waals surface area (Å²) in [4.78, 5) is 19.0. The summed E-state index contributed by atoms with van der Waals surface area (Å²) in [6.07, 6.45) is 6.10. The van der Waals surface area contributed by atoms with Crippen LogP contribution in [-0.4, -0.2) is 24.9 Å². The van der Waals surface area contributed by atoms with Crippen molar-refractivity contribution in [3.05, 3.63) is 31.0 Å². The van der Waals surface area contributed by atoms with Crippen molar-refractivity contribution < 1.29 is 4.42 Å². The number of oxazole rings is 1. The Morgan fingerprint density at radius 1 is 1.31 bits per heavy atom. The minimum atomic E-state index is 0.513. The summed E-state index contributed by atoms with van der Waals surface area (Å²) in [6.45, 7) is 0.513. The molecule has 0 bridgehead atoms. The normalized spacial score (nSPS) is 10.8. The molecule has 0 radical (unpaired) electrons. The molecular formula is C9H8N6O. The molecule has 0 aromatic carbocycles. The van der Waals surface area contributed by atoms with Gasteiger partial charge in [0.25, 0.3) is 0 Å². The minimum absolute atomic E-state index is 0.513. The summed E-state index contributed by atoms with van der Waals surface area (Å²) in [5, 5.41) is 3.11. The van der Waals surface area contributed by atoms with Gasteiger partial charge in [0.05, 0.1) is 19.1 Å². The molecule has 0 amide bonds. The van der Waals surface area contributed by atoms with E-state index >= 15 is 0 Å². The van der Waals surface area contributed by atoms with Crippen molar-refractivity contribution in [2.24, 2.45) is 0 Å². The van der Waals surface area contributed by atoms with Crippen LogP contribution in [-0.2, 0) is 6.54 Å². The summed E-state index contributed by atoms with van der Waals surface area (Å²) in [5.41, 5.74) is 1.41. The number of hydrogen-bond donors (Lipinski definition) is 2. The summed E-state index contributed by atoms with van der Waals surface area (Å²) in [5.74, 6) is 1.41. The van der Waals surface area contributed by atoms with Crippen LogP contribution in [0.2, 0.25) is 0 Å². The number of rotatable bonds is 3. The third-order valence-corrected chi connectivity index (χ3v) is 2.13. The SMILES string of the molecule is c1nc(NCc2cnco2)c2nc[nH]c2n1. The van der Waals surface area contributed by atoms with Gasteiger partial charge in [0.15, 0.2) is 17.9 Å². The van der Waals surface area contributed by atoms with Gasteiger partial charge in [0.1, 0.15) is 17.6 Å². The van der Waals surface area contributed by atoms with Crippen LogP contribution in [0.3, 0.4) is 0 Å². The third-order valence-electron chi connectivity index (χ3n) is 2.13. The molecule has 3 aromatic heterocycles. The predicted molar refractivity (Wildman–Crippen MR) is 55.5 cm³/mol. The van der Waals surface area contributed by atoms with Crippen molar-refractivity contribution in [1.82, 2.24) is 24.9 Å². The van der Waals surface area contributed by atoms with Crippen LogP contribution in [0.1, 0.15) is 5.76 Å². The van der Waals surface area contributed by atoms with Crippen LogP contribution < -0.4 is 5.32 Å². The molecule has 3 aromatic rings. The molecule has 3 heterocycles. The predicted octanol–water partition coefficient (Wildman–Crippen LogP) is 0.953. The first-order valence-corrected chi connectivity index (χ1v) is 4.69. The van der Waals surface area contributed by atoms with Gasteiger partial charge in [-0.3, -0.25) is 0 Å². The Balaban J connectivity index is 1.86. The maximum Gasteiger partial charge on any atom is 0.180 e. The van der Waals surface area contributed by atoms with E-state index < -0.39 is 0 Å². The van der Waals surface area contributed by atoms with E-state index in [1.54, 1.807) is 12.5 Å². The van der Waals surface area contributed by atoms with Crippen LogP contribution >= 0.6 is 0 Å². The van der Waals surface area contributed by atoms with E-state index in [1.165, 1.54) is 12.7 Å². The number of nitrogens with zero attached hydrogens (tertiary/aromatic N) is 4. The fraction of sp³-hybridized carbons (Fsp3) is 0.111. The summed E-state index contributed by atoms with van der Waals surface area (Å²) in [6, 6.07) is 0. The molecule has 0 aliphatic heterocycles. The fourth-order valence-electron chi connectivity index (χ4n) is 1.39. The fourth-order valence-corrected chi connectivity index (χ4v) is 1.39. The zero-order valence-electron chi connectivity index (χ0n) is 8.21. The van der Waals surface area contributed by atoms with Crippen molar-refractivity contribution in [3.8, 4) is 0 Å². The van der Waals surface area contributed by atoms with E-state index in [0.29, 0.717) is 23.5 Å². The van der Waals surface area contributed by atoms with E-state index in [-0.39, 0.29) is 0 Å². The van der Waals surface area contributed by atoms with Gasteiger partial charge >= 0.3 is 0 Å². The molecule has 80 valence electrons. The Kier molecular flexibility index (Phi) is 1.99. The lowest BCUT2D eigenvalue weighted by molar-refractivity contribution is 0.511. The average Bonchev–Trinajstić information content (AvgIpc) is 2.97. The highest BCUT2D eigenvalue weighted by atomic mass is 16.3. The highest BCUT2D eigenvalue weighted by Crippen LogP contribution is 2.15. The summed E-state index contributed by atoms with van der Waals surface area (Å²) in [7, 11) is 0. The van der Waals surface area contributed by atoms with Crippen molar-refractivity contribution in [2.75, 3.05) is 5.32 Å². The standard InChI is InChI=1S/C9H8N6O/c1-6(16-5-10-1)2-11-8-7-9(13-3-12-7)15-4-14-8/h1,3-5H,2H2,(H2,11,12,13,14,15). The molecule has 0 unspecified atom stereocenters. The highest BCUT2D eigenvalue weighted by Gasteiger charge is 2.05. The molecular weight excluding hydrogens is 208 g/mol. The van der Waals surface area contributed by atoms with Crippen molar-refractivity contribution in [1.29, 1.82) is 0 Å². The molecule has 0 atom stereocenters. The van der Waals surface area contributed by atoms with Gasteiger partial charge in [-0.05, 0) is 0 Å². The Bertz CT molecular complexity index is 587. The Morgan fingerprint density at radius 2 is 2.31 bits per heavy atom. The van der Waals surface area contributed by atoms with E-state index in [1.807, 2.05) is 0 Å². The number of H-pyrrole nitrogens is 1. The maximum absolute atomic E-state index is 5.10. The number of fused-ring (bicyclic) bond motifs is 1. The van der Waals surface area contributed by atoms with Crippen LogP contribution in [0.25, 0.3) is 11.2 Å². The number of hydrogen-bond acceptors (Lipinski definition) is 6. The average molecular weight is 216 g/mol. The van der Waals surface area contributed by atoms with Gasteiger partial charge in [-0.25, -0.2) is 19.9 Å². The van der Waals surface area contributed by atoms with Gasteiger partial charge in [-0.15, -0.1) is 0 Å². The summed E-state index contributed by atoms with van der Waals surface area (Å²) >= 11 is 0. The number of aromatic amines is 1. The Hall–Kier alpha value is -2.44. The maximum atomic E-state index is 5.10. The minimum Gasteiger partial charge on any atom is -0.447 e. The van der Waals surface area contributed by atoms with Gasteiger partial charge in [-0.2, -0.15) is 0 Å². The van der Waals surface area contributed by atoms with Crippen LogP contribution in [0.15, 0.2) is 29.7 Å². The van der Waals surface area contributed by atoms with Gasteiger partial charge in [0.2, 0.25) is 0 Å².